The fourth-order valence-electron chi connectivity index (χ4n) is 2.01. The summed E-state index contributed by atoms with van der Waals surface area (Å²) >= 11 is 0. The van der Waals surface area contributed by atoms with Crippen molar-refractivity contribution in [3.05, 3.63) is 18.3 Å². The van der Waals surface area contributed by atoms with E-state index in [1.807, 2.05) is 12.1 Å². The Kier molecular flexibility index (Phi) is 3.28. The van der Waals surface area contributed by atoms with Crippen molar-refractivity contribution in [3.63, 3.8) is 0 Å². The van der Waals surface area contributed by atoms with Gasteiger partial charge in [-0.2, -0.15) is 4.98 Å². The van der Waals surface area contributed by atoms with Crippen LogP contribution in [0.25, 0.3) is 11.4 Å². The molecule has 100 valence electrons. The van der Waals surface area contributed by atoms with Crippen LogP contribution in [0, 0.1) is 0 Å². The summed E-state index contributed by atoms with van der Waals surface area (Å²) in [5, 5.41) is 7.17. The van der Waals surface area contributed by atoms with E-state index >= 15 is 0 Å². The minimum atomic E-state index is 0.534. The Labute approximate surface area is 110 Å². The normalized spacial score (nSPS) is 15.5. The predicted octanol–water partition coefficient (Wildman–Crippen LogP) is 0.712. The number of nitrogens with zero attached hydrogens (tertiary/aromatic N) is 4. The molecule has 0 bridgehead atoms. The van der Waals surface area contributed by atoms with Crippen LogP contribution in [0.15, 0.2) is 18.3 Å². The van der Waals surface area contributed by atoms with Crippen LogP contribution in [0.1, 0.15) is 0 Å². The number of hydrogen-bond donors (Lipinski definition) is 1. The van der Waals surface area contributed by atoms with Gasteiger partial charge in [0.25, 0.3) is 0 Å². The first-order valence-electron chi connectivity index (χ1n) is 6.13. The fraction of sp³-hybridized carbons (Fsp3) is 0.417. The molecule has 0 atom stereocenters. The number of H-pyrrole nitrogens is 1. The molecule has 2 aromatic rings. The number of pyridine rings is 1. The average molecular weight is 261 g/mol. The number of aromatic nitrogens is 4. The molecule has 0 amide bonds. The van der Waals surface area contributed by atoms with Gasteiger partial charge in [0, 0.05) is 19.3 Å². The zero-order valence-electron chi connectivity index (χ0n) is 10.7. The zero-order valence-corrected chi connectivity index (χ0v) is 10.7. The first-order valence-corrected chi connectivity index (χ1v) is 6.13. The molecule has 1 fully saturated rings. The maximum atomic E-state index is 5.31. The lowest BCUT2D eigenvalue weighted by molar-refractivity contribution is 0.122. The van der Waals surface area contributed by atoms with Crippen LogP contribution in [0.4, 0.5) is 5.95 Å². The topological polar surface area (TPSA) is 76.2 Å². The Morgan fingerprint density at radius 2 is 2.21 bits per heavy atom. The first kappa shape index (κ1) is 11.9. The van der Waals surface area contributed by atoms with Crippen LogP contribution in [-0.4, -0.2) is 53.6 Å². The minimum Gasteiger partial charge on any atom is -0.480 e. The quantitative estimate of drug-likeness (QED) is 0.877. The van der Waals surface area contributed by atoms with Crippen molar-refractivity contribution in [2.24, 2.45) is 0 Å². The van der Waals surface area contributed by atoms with E-state index in [-0.39, 0.29) is 0 Å². The van der Waals surface area contributed by atoms with E-state index in [4.69, 9.17) is 9.47 Å². The lowest BCUT2D eigenvalue weighted by Gasteiger charge is -2.25. The van der Waals surface area contributed by atoms with Crippen LogP contribution in [0.5, 0.6) is 5.88 Å². The van der Waals surface area contributed by atoms with Crippen molar-refractivity contribution in [1.82, 2.24) is 20.2 Å². The molecule has 0 unspecified atom stereocenters. The Bertz CT molecular complexity index is 551. The van der Waals surface area contributed by atoms with Crippen LogP contribution in [0.2, 0.25) is 0 Å². The van der Waals surface area contributed by atoms with Gasteiger partial charge < -0.3 is 14.4 Å². The number of ether oxygens (including phenoxy) is 2. The molecule has 1 N–H and O–H groups in total. The van der Waals surface area contributed by atoms with Gasteiger partial charge in [-0.3, -0.25) is 5.10 Å². The largest absolute Gasteiger partial charge is 0.480 e. The van der Waals surface area contributed by atoms with Gasteiger partial charge in [-0.15, -0.1) is 5.10 Å². The molecule has 0 radical (unpaired) electrons. The summed E-state index contributed by atoms with van der Waals surface area (Å²) in [6.07, 6.45) is 1.68. The van der Waals surface area contributed by atoms with Gasteiger partial charge in [-0.1, -0.05) is 0 Å². The molecule has 0 aromatic carbocycles. The molecule has 0 aliphatic carbocycles. The van der Waals surface area contributed by atoms with Gasteiger partial charge >= 0.3 is 0 Å². The number of rotatable bonds is 3. The van der Waals surface area contributed by atoms with Crippen molar-refractivity contribution in [3.8, 4) is 17.3 Å². The SMILES string of the molecule is COc1ncccc1-c1nc(N2CCOCC2)n[nH]1. The van der Waals surface area contributed by atoms with E-state index in [9.17, 15) is 0 Å². The highest BCUT2D eigenvalue weighted by Gasteiger charge is 2.17. The van der Waals surface area contributed by atoms with Gasteiger partial charge in [-0.25, -0.2) is 4.98 Å². The lowest BCUT2D eigenvalue weighted by atomic mass is 10.2. The Morgan fingerprint density at radius 3 is 3.00 bits per heavy atom. The standard InChI is InChI=1S/C12H15N5O2/c1-18-11-9(3-2-4-13-11)10-14-12(16-15-10)17-5-7-19-8-6-17/h2-4H,5-8H2,1H3,(H,14,15,16). The molecule has 0 saturated carbocycles. The van der Waals surface area contributed by atoms with Crippen molar-refractivity contribution in [2.45, 2.75) is 0 Å². The van der Waals surface area contributed by atoms with E-state index in [1.165, 1.54) is 0 Å². The Hall–Kier alpha value is -2.15. The molecule has 1 saturated heterocycles. The number of aromatic amines is 1. The molecule has 1 aliphatic rings. The van der Waals surface area contributed by atoms with Gasteiger partial charge in [0.15, 0.2) is 5.82 Å². The molecule has 3 heterocycles. The van der Waals surface area contributed by atoms with Crippen LogP contribution in [0.3, 0.4) is 0 Å². The number of methoxy groups -OCH3 is 1. The lowest BCUT2D eigenvalue weighted by Crippen LogP contribution is -2.36. The highest BCUT2D eigenvalue weighted by molar-refractivity contribution is 5.62. The molecule has 0 spiro atoms. The highest BCUT2D eigenvalue weighted by atomic mass is 16.5. The highest BCUT2D eigenvalue weighted by Crippen LogP contribution is 2.25. The number of nitrogens with one attached hydrogen (secondary N) is 1. The summed E-state index contributed by atoms with van der Waals surface area (Å²) in [4.78, 5) is 10.7. The van der Waals surface area contributed by atoms with E-state index in [2.05, 4.69) is 25.1 Å². The fourth-order valence-corrected chi connectivity index (χ4v) is 2.01. The maximum absolute atomic E-state index is 5.31. The van der Waals surface area contributed by atoms with Crippen LogP contribution < -0.4 is 9.64 Å². The molecule has 19 heavy (non-hydrogen) atoms. The van der Waals surface area contributed by atoms with Crippen LogP contribution in [-0.2, 0) is 4.74 Å². The average Bonchev–Trinajstić information content (AvgIpc) is 2.98. The van der Waals surface area contributed by atoms with E-state index in [0.717, 1.165) is 18.7 Å². The molecule has 7 nitrogen and oxygen atoms in total. The Balaban J connectivity index is 1.88. The zero-order chi connectivity index (χ0) is 13.1. The minimum absolute atomic E-state index is 0.534. The summed E-state index contributed by atoms with van der Waals surface area (Å²) in [5.41, 5.74) is 0.803. The molecule has 2 aromatic heterocycles. The number of hydrogen-bond acceptors (Lipinski definition) is 6. The third-order valence-corrected chi connectivity index (χ3v) is 2.99. The summed E-state index contributed by atoms with van der Waals surface area (Å²) in [7, 11) is 1.59. The third kappa shape index (κ3) is 2.37. The van der Waals surface area contributed by atoms with E-state index in [1.54, 1.807) is 13.3 Å². The Morgan fingerprint density at radius 1 is 1.37 bits per heavy atom. The second-order valence-corrected chi connectivity index (χ2v) is 4.14. The third-order valence-electron chi connectivity index (χ3n) is 2.99. The molecule has 1 aliphatic heterocycles. The van der Waals surface area contributed by atoms with Crippen molar-refractivity contribution in [1.29, 1.82) is 0 Å². The number of anilines is 1. The molecule has 3 rings (SSSR count). The van der Waals surface area contributed by atoms with E-state index < -0.39 is 0 Å². The van der Waals surface area contributed by atoms with Gasteiger partial charge in [0.1, 0.15) is 0 Å². The van der Waals surface area contributed by atoms with Gasteiger partial charge in [0.05, 0.1) is 25.9 Å². The predicted molar refractivity (Wildman–Crippen MR) is 69.2 cm³/mol. The summed E-state index contributed by atoms with van der Waals surface area (Å²) in [6, 6.07) is 3.74. The molecular formula is C12H15N5O2. The van der Waals surface area contributed by atoms with Gasteiger partial charge in [0.2, 0.25) is 11.8 Å². The first-order chi connectivity index (χ1) is 9.38. The number of morpholine rings is 1. The molecule has 7 heteroatoms. The second kappa shape index (κ2) is 5.23. The molecular weight excluding hydrogens is 246 g/mol. The van der Waals surface area contributed by atoms with Crippen LogP contribution >= 0.6 is 0 Å². The second-order valence-electron chi connectivity index (χ2n) is 4.14. The van der Waals surface area contributed by atoms with Crippen molar-refractivity contribution >= 4 is 5.95 Å². The van der Waals surface area contributed by atoms with Crippen molar-refractivity contribution in [2.75, 3.05) is 38.3 Å². The summed E-state index contributed by atoms with van der Waals surface area (Å²) < 4.78 is 10.5. The summed E-state index contributed by atoms with van der Waals surface area (Å²) in [6.45, 7) is 3.03. The monoisotopic (exact) mass is 261 g/mol. The smallest absolute Gasteiger partial charge is 0.245 e. The van der Waals surface area contributed by atoms with E-state index in [0.29, 0.717) is 30.9 Å². The maximum Gasteiger partial charge on any atom is 0.245 e. The summed E-state index contributed by atoms with van der Waals surface area (Å²) in [5.74, 6) is 1.88. The van der Waals surface area contributed by atoms with Gasteiger partial charge in [-0.05, 0) is 12.1 Å². The van der Waals surface area contributed by atoms with Crippen molar-refractivity contribution < 1.29 is 9.47 Å².